The number of hydrogen-bond acceptors (Lipinski definition) is 5. The molecule has 7 nitrogen and oxygen atoms in total. The molecule has 2 aromatic heterocycles. The largest absolute Gasteiger partial charge is 0.466 e. The summed E-state index contributed by atoms with van der Waals surface area (Å²) in [5.41, 5.74) is 2.11. The summed E-state index contributed by atoms with van der Waals surface area (Å²) >= 11 is 0. The van der Waals surface area contributed by atoms with Gasteiger partial charge in [-0.05, 0) is 44.5 Å². The van der Waals surface area contributed by atoms with Gasteiger partial charge in [0, 0.05) is 32.7 Å². The van der Waals surface area contributed by atoms with Gasteiger partial charge >= 0.3 is 0 Å². The predicted octanol–water partition coefficient (Wildman–Crippen LogP) is 2.45. The smallest absolute Gasteiger partial charge is 0.246 e. The molecular weight excluding hydrogens is 344 g/mol. The Morgan fingerprint density at radius 2 is 2.26 bits per heavy atom. The summed E-state index contributed by atoms with van der Waals surface area (Å²) in [5.74, 6) is 2.34. The van der Waals surface area contributed by atoms with Crippen molar-refractivity contribution in [2.24, 2.45) is 0 Å². The van der Waals surface area contributed by atoms with Gasteiger partial charge in [0.2, 0.25) is 5.91 Å². The van der Waals surface area contributed by atoms with Gasteiger partial charge in [-0.1, -0.05) is 6.92 Å². The molecular formula is C20H30N4O3. The molecule has 0 aliphatic carbocycles. The lowest BCUT2D eigenvalue weighted by molar-refractivity contribution is -0.124. The van der Waals surface area contributed by atoms with E-state index in [0.29, 0.717) is 12.5 Å². The minimum Gasteiger partial charge on any atom is -0.466 e. The van der Waals surface area contributed by atoms with Crippen molar-refractivity contribution >= 4 is 5.91 Å². The van der Waals surface area contributed by atoms with E-state index in [4.69, 9.17) is 9.15 Å². The van der Waals surface area contributed by atoms with E-state index >= 15 is 0 Å². The SMILES string of the molecule is COCC(=O)NCc1cc2n(n1)CCCN(CC[C@H](C)c1ccc(C)o1)C2. The molecule has 0 radical (unpaired) electrons. The van der Waals surface area contributed by atoms with E-state index in [1.807, 2.05) is 13.0 Å². The molecule has 1 N–H and O–H groups in total. The van der Waals surface area contributed by atoms with Crippen molar-refractivity contribution in [3.63, 3.8) is 0 Å². The van der Waals surface area contributed by atoms with Crippen LogP contribution in [0.2, 0.25) is 0 Å². The Bertz CT molecular complexity index is 752. The molecule has 0 spiro atoms. The third-order valence-corrected chi connectivity index (χ3v) is 5.01. The fourth-order valence-electron chi connectivity index (χ4n) is 3.47. The minimum absolute atomic E-state index is 0.0781. The average Bonchev–Trinajstić information content (AvgIpc) is 3.19. The van der Waals surface area contributed by atoms with Crippen LogP contribution in [0.25, 0.3) is 0 Å². The topological polar surface area (TPSA) is 72.5 Å². The lowest BCUT2D eigenvalue weighted by atomic mass is 10.0. The Morgan fingerprint density at radius 3 is 3.00 bits per heavy atom. The molecule has 3 rings (SSSR count). The van der Waals surface area contributed by atoms with Crippen molar-refractivity contribution < 1.29 is 13.9 Å². The molecule has 0 unspecified atom stereocenters. The summed E-state index contributed by atoms with van der Waals surface area (Å²) < 4.78 is 12.7. The number of aromatic nitrogens is 2. The van der Waals surface area contributed by atoms with Gasteiger partial charge in [0.15, 0.2) is 0 Å². The van der Waals surface area contributed by atoms with Crippen molar-refractivity contribution in [1.29, 1.82) is 0 Å². The number of fused-ring (bicyclic) bond motifs is 1. The highest BCUT2D eigenvalue weighted by molar-refractivity contribution is 5.77. The number of methoxy groups -OCH3 is 1. The third kappa shape index (κ3) is 5.43. The molecule has 1 atom stereocenters. The average molecular weight is 374 g/mol. The van der Waals surface area contributed by atoms with Gasteiger partial charge in [0.25, 0.3) is 0 Å². The molecule has 0 saturated heterocycles. The van der Waals surface area contributed by atoms with Crippen LogP contribution >= 0.6 is 0 Å². The summed E-state index contributed by atoms with van der Waals surface area (Å²) in [7, 11) is 1.51. The third-order valence-electron chi connectivity index (χ3n) is 5.01. The van der Waals surface area contributed by atoms with E-state index in [1.165, 1.54) is 12.8 Å². The van der Waals surface area contributed by atoms with Gasteiger partial charge in [-0.15, -0.1) is 0 Å². The lowest BCUT2D eigenvalue weighted by Crippen LogP contribution is -2.27. The summed E-state index contributed by atoms with van der Waals surface area (Å²) in [5, 5.41) is 7.47. The maximum absolute atomic E-state index is 11.5. The van der Waals surface area contributed by atoms with Crippen molar-refractivity contribution in [3.05, 3.63) is 41.1 Å². The van der Waals surface area contributed by atoms with E-state index in [0.717, 1.165) is 56.2 Å². The van der Waals surface area contributed by atoms with E-state index in [-0.39, 0.29) is 12.5 Å². The molecule has 0 bridgehead atoms. The van der Waals surface area contributed by atoms with E-state index in [1.54, 1.807) is 0 Å². The Balaban J connectivity index is 1.53. The summed E-state index contributed by atoms with van der Waals surface area (Å²) in [6.07, 6.45) is 2.15. The van der Waals surface area contributed by atoms with Gasteiger partial charge in [0.05, 0.1) is 17.9 Å². The first-order chi connectivity index (χ1) is 13.0. The number of rotatable bonds is 8. The number of aryl methyl sites for hydroxylation is 2. The van der Waals surface area contributed by atoms with Gasteiger partial charge < -0.3 is 14.5 Å². The number of carbonyl (C=O) groups excluding carboxylic acids is 1. The second-order valence-corrected chi connectivity index (χ2v) is 7.33. The van der Waals surface area contributed by atoms with Gasteiger partial charge in [-0.3, -0.25) is 14.4 Å². The van der Waals surface area contributed by atoms with E-state index in [2.05, 4.69) is 39.1 Å². The Morgan fingerprint density at radius 1 is 1.41 bits per heavy atom. The molecule has 0 aromatic carbocycles. The summed E-state index contributed by atoms with van der Waals surface area (Å²) in [6.45, 7) is 8.65. The first-order valence-electron chi connectivity index (χ1n) is 9.65. The molecule has 1 amide bonds. The number of nitrogens with one attached hydrogen (secondary N) is 1. The van der Waals surface area contributed by atoms with Gasteiger partial charge in [0.1, 0.15) is 18.1 Å². The van der Waals surface area contributed by atoms with Crippen LogP contribution in [0.4, 0.5) is 0 Å². The molecule has 2 aromatic rings. The maximum Gasteiger partial charge on any atom is 0.246 e. The molecule has 1 aliphatic heterocycles. The Kier molecular flexibility index (Phi) is 6.68. The van der Waals surface area contributed by atoms with Crippen molar-refractivity contribution in [3.8, 4) is 0 Å². The minimum atomic E-state index is -0.121. The molecule has 0 fully saturated rings. The monoisotopic (exact) mass is 374 g/mol. The number of carbonyl (C=O) groups is 1. The molecule has 3 heterocycles. The fourth-order valence-corrected chi connectivity index (χ4v) is 3.47. The number of ether oxygens (including phenoxy) is 1. The van der Waals surface area contributed by atoms with Crippen molar-refractivity contribution in [2.75, 3.05) is 26.8 Å². The second kappa shape index (κ2) is 9.19. The molecule has 27 heavy (non-hydrogen) atoms. The number of nitrogens with zero attached hydrogens (tertiary/aromatic N) is 3. The first-order valence-corrected chi connectivity index (χ1v) is 9.65. The van der Waals surface area contributed by atoms with Crippen molar-refractivity contribution in [2.45, 2.75) is 52.2 Å². The van der Waals surface area contributed by atoms with Gasteiger partial charge in [-0.25, -0.2) is 0 Å². The lowest BCUT2D eigenvalue weighted by Gasteiger charge is -2.21. The second-order valence-electron chi connectivity index (χ2n) is 7.33. The van der Waals surface area contributed by atoms with Crippen LogP contribution in [0.3, 0.4) is 0 Å². The number of furan rings is 1. The van der Waals surface area contributed by atoms with Crippen molar-refractivity contribution in [1.82, 2.24) is 20.0 Å². The normalized spacial score (nSPS) is 16.0. The van der Waals surface area contributed by atoms with Crippen LogP contribution in [-0.4, -0.2) is 47.4 Å². The van der Waals surface area contributed by atoms with E-state index < -0.39 is 0 Å². The van der Waals surface area contributed by atoms with Crippen LogP contribution in [-0.2, 0) is 29.2 Å². The van der Waals surface area contributed by atoms with Crippen LogP contribution < -0.4 is 5.32 Å². The maximum atomic E-state index is 11.5. The Hall–Kier alpha value is -2.12. The molecule has 148 valence electrons. The van der Waals surface area contributed by atoms with Crippen LogP contribution in [0, 0.1) is 6.92 Å². The highest BCUT2D eigenvalue weighted by Crippen LogP contribution is 2.23. The van der Waals surface area contributed by atoms with Crippen LogP contribution in [0.1, 0.15) is 48.6 Å². The first kappa shape index (κ1) is 19.6. The van der Waals surface area contributed by atoms with Crippen LogP contribution in [0.5, 0.6) is 0 Å². The summed E-state index contributed by atoms with van der Waals surface area (Å²) in [6, 6.07) is 6.22. The quantitative estimate of drug-likeness (QED) is 0.768. The zero-order valence-electron chi connectivity index (χ0n) is 16.5. The molecule has 7 heteroatoms. The highest BCUT2D eigenvalue weighted by Gasteiger charge is 2.18. The summed E-state index contributed by atoms with van der Waals surface area (Å²) in [4.78, 5) is 14.0. The van der Waals surface area contributed by atoms with Gasteiger partial charge in [-0.2, -0.15) is 5.10 Å². The fraction of sp³-hybridized carbons (Fsp3) is 0.600. The number of hydrogen-bond donors (Lipinski definition) is 1. The molecule has 0 saturated carbocycles. The standard InChI is InChI=1S/C20H30N4O3/c1-15(19-6-5-16(2)27-19)7-10-23-8-4-9-24-18(13-23)11-17(22-24)12-21-20(25)14-26-3/h5-6,11,15H,4,7-10,12-14H2,1-3H3,(H,21,25)/t15-/m0/s1. The van der Waals surface area contributed by atoms with E-state index in [9.17, 15) is 4.79 Å². The molecule has 1 aliphatic rings. The Labute approximate surface area is 160 Å². The zero-order valence-corrected chi connectivity index (χ0v) is 16.5. The van der Waals surface area contributed by atoms with Crippen LogP contribution in [0.15, 0.2) is 22.6 Å². The zero-order chi connectivity index (χ0) is 19.2. The highest BCUT2D eigenvalue weighted by atomic mass is 16.5. The number of amides is 1. The predicted molar refractivity (Wildman–Crippen MR) is 102 cm³/mol.